The van der Waals surface area contributed by atoms with Crippen molar-refractivity contribution in [2.75, 3.05) is 0 Å². The molecule has 0 nitrogen and oxygen atoms in total. The van der Waals surface area contributed by atoms with Crippen molar-refractivity contribution in [2.45, 2.75) is 18.5 Å². The molecule has 0 aromatic rings. The van der Waals surface area contributed by atoms with E-state index in [0.29, 0.717) is 6.42 Å². The van der Waals surface area contributed by atoms with Gasteiger partial charge in [0.05, 0.1) is 5.92 Å². The summed E-state index contributed by atoms with van der Waals surface area (Å²) in [5, 5.41) is 0. The first-order chi connectivity index (χ1) is 5.86. The normalized spacial score (nSPS) is 19.5. The van der Waals surface area contributed by atoms with E-state index in [-0.39, 0.29) is 0 Å². The van der Waals surface area contributed by atoms with E-state index in [1.165, 1.54) is 12.2 Å². The number of halogens is 5. The van der Waals surface area contributed by atoms with Crippen LogP contribution in [-0.2, 0) is 0 Å². The number of hydrogen-bond donors (Lipinski definition) is 0. The molecule has 0 fully saturated rings. The summed E-state index contributed by atoms with van der Waals surface area (Å²) in [6.07, 6.45) is -0.719. The smallest absolute Gasteiger partial charge is 0.195 e. The molecule has 0 saturated heterocycles. The summed E-state index contributed by atoms with van der Waals surface area (Å²) in [5.74, 6) is -6.53. The molecule has 0 amide bonds. The van der Waals surface area contributed by atoms with Gasteiger partial charge in [0.15, 0.2) is 0 Å². The SMILES string of the molecule is FC(F)(F)C(F)(F)C1C=CCC=C1. The predicted octanol–water partition coefficient (Wildman–Crippen LogP) is 3.32. The van der Waals surface area contributed by atoms with E-state index in [1.54, 1.807) is 0 Å². The maximum absolute atomic E-state index is 12.6. The van der Waals surface area contributed by atoms with E-state index < -0.39 is 18.0 Å². The van der Waals surface area contributed by atoms with Gasteiger partial charge in [-0.15, -0.1) is 0 Å². The van der Waals surface area contributed by atoms with Crippen LogP contribution in [0.25, 0.3) is 0 Å². The third kappa shape index (κ3) is 1.89. The zero-order valence-corrected chi connectivity index (χ0v) is 6.48. The predicted molar refractivity (Wildman–Crippen MR) is 37.4 cm³/mol. The Labute approximate surface area is 71.7 Å². The quantitative estimate of drug-likeness (QED) is 0.448. The average Bonchev–Trinajstić information content (AvgIpc) is 2.04. The summed E-state index contributed by atoms with van der Waals surface area (Å²) in [6, 6.07) is 0. The van der Waals surface area contributed by atoms with Gasteiger partial charge in [0.2, 0.25) is 0 Å². The van der Waals surface area contributed by atoms with E-state index in [0.717, 1.165) is 12.2 Å². The molecule has 0 unspecified atom stereocenters. The van der Waals surface area contributed by atoms with Crippen molar-refractivity contribution in [2.24, 2.45) is 5.92 Å². The van der Waals surface area contributed by atoms with Crippen LogP contribution in [0.3, 0.4) is 0 Å². The maximum Gasteiger partial charge on any atom is 0.454 e. The van der Waals surface area contributed by atoms with Crippen LogP contribution in [0.15, 0.2) is 24.3 Å². The van der Waals surface area contributed by atoms with Crippen LogP contribution in [0.4, 0.5) is 22.0 Å². The van der Waals surface area contributed by atoms with E-state index in [9.17, 15) is 22.0 Å². The second-order valence-corrected chi connectivity index (χ2v) is 2.74. The molecular weight excluding hydrogens is 191 g/mol. The molecule has 0 radical (unpaired) electrons. The van der Waals surface area contributed by atoms with Gasteiger partial charge in [-0.05, 0) is 6.42 Å². The highest BCUT2D eigenvalue weighted by atomic mass is 19.4. The van der Waals surface area contributed by atoms with Crippen molar-refractivity contribution in [3.05, 3.63) is 24.3 Å². The molecule has 1 rings (SSSR count). The van der Waals surface area contributed by atoms with Gasteiger partial charge in [-0.1, -0.05) is 24.3 Å². The van der Waals surface area contributed by atoms with Crippen molar-refractivity contribution >= 4 is 0 Å². The van der Waals surface area contributed by atoms with E-state index in [1.807, 2.05) is 0 Å². The molecule has 0 aliphatic heterocycles. The molecule has 0 bridgehead atoms. The average molecular weight is 198 g/mol. The van der Waals surface area contributed by atoms with Crippen LogP contribution in [0.5, 0.6) is 0 Å². The highest BCUT2D eigenvalue weighted by molar-refractivity contribution is 5.14. The third-order valence-electron chi connectivity index (χ3n) is 1.76. The summed E-state index contributed by atoms with van der Waals surface area (Å²) in [6.45, 7) is 0. The fourth-order valence-electron chi connectivity index (χ4n) is 1.02. The standard InChI is InChI=1S/C8H7F5/c9-7(10,8(11,12)13)6-4-2-1-3-5-6/h2-6H,1H2. The molecular formula is C8H7F5. The summed E-state index contributed by atoms with van der Waals surface area (Å²) < 4.78 is 60.6. The van der Waals surface area contributed by atoms with Crippen molar-refractivity contribution < 1.29 is 22.0 Å². The summed E-state index contributed by atoms with van der Waals surface area (Å²) in [4.78, 5) is 0. The van der Waals surface area contributed by atoms with Gasteiger partial charge in [-0.25, -0.2) is 0 Å². The zero-order chi connectivity index (χ0) is 10.1. The Bertz CT molecular complexity index is 223. The molecule has 0 spiro atoms. The molecule has 1 aliphatic carbocycles. The van der Waals surface area contributed by atoms with Gasteiger partial charge in [-0.3, -0.25) is 0 Å². The molecule has 0 aromatic carbocycles. The monoisotopic (exact) mass is 198 g/mol. The van der Waals surface area contributed by atoms with Gasteiger partial charge in [-0.2, -0.15) is 22.0 Å². The summed E-state index contributed by atoms with van der Waals surface area (Å²) in [5.41, 5.74) is 0. The van der Waals surface area contributed by atoms with Crippen LogP contribution in [0.2, 0.25) is 0 Å². The van der Waals surface area contributed by atoms with Crippen molar-refractivity contribution in [1.29, 1.82) is 0 Å². The fourth-order valence-corrected chi connectivity index (χ4v) is 1.02. The molecule has 0 N–H and O–H groups in total. The van der Waals surface area contributed by atoms with E-state index >= 15 is 0 Å². The van der Waals surface area contributed by atoms with Crippen molar-refractivity contribution in [1.82, 2.24) is 0 Å². The number of allylic oxidation sites excluding steroid dienone is 4. The summed E-state index contributed by atoms with van der Waals surface area (Å²) >= 11 is 0. The number of rotatable bonds is 1. The Balaban J connectivity index is 2.85. The van der Waals surface area contributed by atoms with Gasteiger partial charge < -0.3 is 0 Å². The van der Waals surface area contributed by atoms with Crippen molar-refractivity contribution in [3.8, 4) is 0 Å². The van der Waals surface area contributed by atoms with Crippen LogP contribution in [-0.4, -0.2) is 12.1 Å². The van der Waals surface area contributed by atoms with Crippen LogP contribution < -0.4 is 0 Å². The van der Waals surface area contributed by atoms with Gasteiger partial charge in [0.1, 0.15) is 0 Å². The van der Waals surface area contributed by atoms with Gasteiger partial charge >= 0.3 is 12.1 Å². The highest BCUT2D eigenvalue weighted by Gasteiger charge is 2.60. The molecule has 0 heterocycles. The first-order valence-electron chi connectivity index (χ1n) is 3.63. The minimum absolute atomic E-state index is 0.407. The Morgan fingerprint density at radius 1 is 0.923 bits per heavy atom. The molecule has 13 heavy (non-hydrogen) atoms. The Hall–Kier alpha value is -0.870. The Morgan fingerprint density at radius 3 is 1.77 bits per heavy atom. The highest BCUT2D eigenvalue weighted by Crippen LogP contribution is 2.43. The molecule has 0 atom stereocenters. The second-order valence-electron chi connectivity index (χ2n) is 2.74. The van der Waals surface area contributed by atoms with Crippen LogP contribution >= 0.6 is 0 Å². The zero-order valence-electron chi connectivity index (χ0n) is 6.48. The lowest BCUT2D eigenvalue weighted by atomic mass is 9.96. The Kier molecular flexibility index (Phi) is 2.45. The lowest BCUT2D eigenvalue weighted by molar-refractivity contribution is -0.291. The summed E-state index contributed by atoms with van der Waals surface area (Å²) in [7, 11) is 0. The first kappa shape index (κ1) is 10.2. The first-order valence-corrected chi connectivity index (χ1v) is 3.63. The molecule has 74 valence electrons. The van der Waals surface area contributed by atoms with E-state index in [2.05, 4.69) is 0 Å². The molecule has 1 aliphatic rings. The van der Waals surface area contributed by atoms with Crippen molar-refractivity contribution in [3.63, 3.8) is 0 Å². The fraction of sp³-hybridized carbons (Fsp3) is 0.500. The van der Waals surface area contributed by atoms with Gasteiger partial charge in [0.25, 0.3) is 0 Å². The molecule has 0 aromatic heterocycles. The van der Waals surface area contributed by atoms with E-state index in [4.69, 9.17) is 0 Å². The second kappa shape index (κ2) is 3.12. The van der Waals surface area contributed by atoms with Gasteiger partial charge in [0, 0.05) is 0 Å². The lowest BCUT2D eigenvalue weighted by Crippen LogP contribution is -2.42. The topological polar surface area (TPSA) is 0 Å². The lowest BCUT2D eigenvalue weighted by Gasteiger charge is -2.25. The number of alkyl halides is 5. The third-order valence-corrected chi connectivity index (χ3v) is 1.76. The molecule has 0 saturated carbocycles. The maximum atomic E-state index is 12.6. The largest absolute Gasteiger partial charge is 0.454 e. The Morgan fingerprint density at radius 2 is 1.38 bits per heavy atom. The van der Waals surface area contributed by atoms with Crippen LogP contribution in [0.1, 0.15) is 6.42 Å². The minimum Gasteiger partial charge on any atom is -0.195 e. The number of hydrogen-bond acceptors (Lipinski definition) is 0. The minimum atomic E-state index is -5.48. The molecule has 5 heteroatoms. The van der Waals surface area contributed by atoms with Crippen LogP contribution in [0, 0.1) is 5.92 Å².